The second-order valence-corrected chi connectivity index (χ2v) is 5.36. The van der Waals surface area contributed by atoms with E-state index in [0.29, 0.717) is 10.9 Å². The van der Waals surface area contributed by atoms with Gasteiger partial charge < -0.3 is 0 Å². The summed E-state index contributed by atoms with van der Waals surface area (Å²) in [5, 5.41) is 0. The minimum Gasteiger partial charge on any atom is -0.197 e. The SMILES string of the molecule is Br[C@@H]1Cc2ccccc2[C@@H]1[n+]1ccccc1. The lowest BCUT2D eigenvalue weighted by Crippen LogP contribution is -2.42. The highest BCUT2D eigenvalue weighted by Crippen LogP contribution is 2.35. The fourth-order valence-corrected chi connectivity index (χ4v) is 3.38. The van der Waals surface area contributed by atoms with Crippen LogP contribution in [0, 0.1) is 0 Å². The molecule has 1 aliphatic carbocycles. The van der Waals surface area contributed by atoms with Crippen molar-refractivity contribution in [3.63, 3.8) is 0 Å². The van der Waals surface area contributed by atoms with Crippen molar-refractivity contribution in [2.75, 3.05) is 0 Å². The number of halogens is 1. The van der Waals surface area contributed by atoms with Crippen molar-refractivity contribution >= 4 is 15.9 Å². The zero-order valence-electron chi connectivity index (χ0n) is 8.88. The van der Waals surface area contributed by atoms with Crippen molar-refractivity contribution in [1.82, 2.24) is 0 Å². The molecule has 2 aromatic rings. The summed E-state index contributed by atoms with van der Waals surface area (Å²) in [5.74, 6) is 0. The van der Waals surface area contributed by atoms with Gasteiger partial charge in [-0.05, 0) is 12.0 Å². The number of hydrogen-bond donors (Lipinski definition) is 0. The summed E-state index contributed by atoms with van der Waals surface area (Å²) < 4.78 is 2.28. The van der Waals surface area contributed by atoms with Gasteiger partial charge in [0.05, 0.1) is 4.83 Å². The van der Waals surface area contributed by atoms with Crippen LogP contribution < -0.4 is 4.57 Å². The zero-order chi connectivity index (χ0) is 11.0. The summed E-state index contributed by atoms with van der Waals surface area (Å²) >= 11 is 3.80. The molecule has 1 aliphatic rings. The Morgan fingerprint density at radius 1 is 1.00 bits per heavy atom. The molecule has 2 heteroatoms. The van der Waals surface area contributed by atoms with Gasteiger partial charge in [0.25, 0.3) is 0 Å². The van der Waals surface area contributed by atoms with Crippen LogP contribution in [0.2, 0.25) is 0 Å². The van der Waals surface area contributed by atoms with E-state index in [9.17, 15) is 0 Å². The van der Waals surface area contributed by atoms with Gasteiger partial charge in [-0.2, -0.15) is 4.57 Å². The Labute approximate surface area is 104 Å². The fraction of sp³-hybridized carbons (Fsp3) is 0.214. The number of alkyl halides is 1. The molecule has 1 heterocycles. The normalized spacial score (nSPS) is 23.1. The molecular formula is C14H13BrN+. The van der Waals surface area contributed by atoms with Crippen molar-refractivity contribution in [3.05, 3.63) is 66.0 Å². The molecule has 0 radical (unpaired) electrons. The Kier molecular flexibility index (Phi) is 2.52. The van der Waals surface area contributed by atoms with Gasteiger partial charge in [0.2, 0.25) is 0 Å². The lowest BCUT2D eigenvalue weighted by Gasteiger charge is -2.10. The van der Waals surface area contributed by atoms with E-state index >= 15 is 0 Å². The highest BCUT2D eigenvalue weighted by atomic mass is 79.9. The van der Waals surface area contributed by atoms with Crippen molar-refractivity contribution in [3.8, 4) is 0 Å². The first kappa shape index (κ1) is 10.0. The third-order valence-electron chi connectivity index (χ3n) is 3.19. The van der Waals surface area contributed by atoms with E-state index in [2.05, 4.69) is 75.4 Å². The van der Waals surface area contributed by atoms with Gasteiger partial charge in [-0.15, -0.1) is 0 Å². The van der Waals surface area contributed by atoms with Crippen LogP contribution >= 0.6 is 15.9 Å². The Morgan fingerprint density at radius 3 is 2.56 bits per heavy atom. The predicted octanol–water partition coefficient (Wildman–Crippen LogP) is 2.88. The molecule has 1 aromatic carbocycles. The molecule has 0 saturated carbocycles. The van der Waals surface area contributed by atoms with Crippen LogP contribution in [0.4, 0.5) is 0 Å². The minimum atomic E-state index is 0.428. The molecule has 0 spiro atoms. The lowest BCUT2D eigenvalue weighted by molar-refractivity contribution is -0.711. The van der Waals surface area contributed by atoms with Crippen LogP contribution in [0.5, 0.6) is 0 Å². The fourth-order valence-electron chi connectivity index (χ4n) is 2.47. The van der Waals surface area contributed by atoms with Gasteiger partial charge in [-0.25, -0.2) is 0 Å². The van der Waals surface area contributed by atoms with E-state index in [0.717, 1.165) is 6.42 Å². The standard InChI is InChI=1S/C14H13BrN/c15-13-10-11-6-2-3-7-12(11)14(13)16-8-4-1-5-9-16/h1-9,13-14H,10H2/q+1/t13-,14+/m1/s1. The molecule has 0 aliphatic heterocycles. The van der Waals surface area contributed by atoms with Gasteiger partial charge in [0, 0.05) is 17.7 Å². The maximum atomic E-state index is 3.80. The van der Waals surface area contributed by atoms with Gasteiger partial charge in [-0.3, -0.25) is 0 Å². The molecule has 1 aromatic heterocycles. The smallest absolute Gasteiger partial charge is 0.196 e. The lowest BCUT2D eigenvalue weighted by atomic mass is 10.1. The third-order valence-corrected chi connectivity index (χ3v) is 4.02. The number of hydrogen-bond acceptors (Lipinski definition) is 0. The van der Waals surface area contributed by atoms with Gasteiger partial charge in [0.1, 0.15) is 0 Å². The summed E-state index contributed by atoms with van der Waals surface area (Å²) in [6.07, 6.45) is 5.39. The number of pyridine rings is 1. The predicted molar refractivity (Wildman–Crippen MR) is 67.6 cm³/mol. The van der Waals surface area contributed by atoms with Crippen LogP contribution in [0.25, 0.3) is 0 Å². The second-order valence-electron chi connectivity index (χ2n) is 4.19. The monoisotopic (exact) mass is 274 g/mol. The first-order valence-corrected chi connectivity index (χ1v) is 6.45. The number of nitrogens with zero attached hydrogens (tertiary/aromatic N) is 1. The molecule has 3 rings (SSSR count). The van der Waals surface area contributed by atoms with Crippen LogP contribution in [0.3, 0.4) is 0 Å². The third kappa shape index (κ3) is 1.57. The summed E-state index contributed by atoms with van der Waals surface area (Å²) in [7, 11) is 0. The van der Waals surface area contributed by atoms with Crippen molar-refractivity contribution in [1.29, 1.82) is 0 Å². The van der Waals surface area contributed by atoms with E-state index in [1.54, 1.807) is 0 Å². The molecule has 1 nitrogen and oxygen atoms in total. The average Bonchev–Trinajstić information content (AvgIpc) is 2.66. The van der Waals surface area contributed by atoms with E-state index in [4.69, 9.17) is 0 Å². The first-order valence-electron chi connectivity index (χ1n) is 5.54. The summed E-state index contributed by atoms with van der Waals surface area (Å²) in [4.78, 5) is 0.498. The average molecular weight is 275 g/mol. The maximum absolute atomic E-state index is 3.80. The second kappa shape index (κ2) is 4.02. The Morgan fingerprint density at radius 2 is 1.75 bits per heavy atom. The van der Waals surface area contributed by atoms with Crippen LogP contribution in [0.15, 0.2) is 54.9 Å². The van der Waals surface area contributed by atoms with E-state index in [-0.39, 0.29) is 0 Å². The summed E-state index contributed by atoms with van der Waals surface area (Å²) in [6, 6.07) is 15.4. The largest absolute Gasteiger partial charge is 0.197 e. The van der Waals surface area contributed by atoms with Crippen LogP contribution in [-0.4, -0.2) is 4.83 Å². The molecule has 0 saturated heterocycles. The topological polar surface area (TPSA) is 3.88 Å². The molecule has 0 fully saturated rings. The maximum Gasteiger partial charge on any atom is 0.196 e. The molecule has 16 heavy (non-hydrogen) atoms. The molecule has 0 amide bonds. The zero-order valence-corrected chi connectivity index (χ0v) is 10.5. The van der Waals surface area contributed by atoms with Crippen molar-refractivity contribution < 1.29 is 4.57 Å². The van der Waals surface area contributed by atoms with E-state index in [1.807, 2.05) is 0 Å². The first-order chi connectivity index (χ1) is 7.86. The van der Waals surface area contributed by atoms with E-state index in [1.165, 1.54) is 11.1 Å². The Bertz CT molecular complexity index is 495. The Hall–Kier alpha value is -1.15. The summed E-state index contributed by atoms with van der Waals surface area (Å²) in [5.41, 5.74) is 2.91. The van der Waals surface area contributed by atoms with Gasteiger partial charge in [0.15, 0.2) is 18.4 Å². The minimum absolute atomic E-state index is 0.428. The van der Waals surface area contributed by atoms with Gasteiger partial charge >= 0.3 is 0 Å². The van der Waals surface area contributed by atoms with E-state index < -0.39 is 0 Å². The molecule has 0 bridgehead atoms. The highest BCUT2D eigenvalue weighted by Gasteiger charge is 2.36. The van der Waals surface area contributed by atoms with Crippen LogP contribution in [0.1, 0.15) is 17.2 Å². The summed E-state index contributed by atoms with van der Waals surface area (Å²) in [6.45, 7) is 0. The van der Waals surface area contributed by atoms with Crippen molar-refractivity contribution in [2.45, 2.75) is 17.3 Å². The quantitative estimate of drug-likeness (QED) is 0.556. The number of aromatic nitrogens is 1. The number of benzene rings is 1. The molecule has 0 unspecified atom stereocenters. The molecule has 80 valence electrons. The Balaban J connectivity index is 2.09. The van der Waals surface area contributed by atoms with Crippen molar-refractivity contribution in [2.24, 2.45) is 0 Å². The van der Waals surface area contributed by atoms with Gasteiger partial charge in [-0.1, -0.05) is 46.3 Å². The number of fused-ring (bicyclic) bond motifs is 1. The van der Waals surface area contributed by atoms with Crippen LogP contribution in [-0.2, 0) is 6.42 Å². The highest BCUT2D eigenvalue weighted by molar-refractivity contribution is 9.09. The molecule has 2 atom stereocenters. The molecular weight excluding hydrogens is 262 g/mol. The number of rotatable bonds is 1. The molecule has 0 N–H and O–H groups in total.